The summed E-state index contributed by atoms with van der Waals surface area (Å²) in [6, 6.07) is 0. The molecular weight excluding hydrogens is 529 g/mol. The number of alkyl halides is 1. The summed E-state index contributed by atoms with van der Waals surface area (Å²) in [5, 5.41) is 12.0. The van der Waals surface area contributed by atoms with Gasteiger partial charge < -0.3 is 20.4 Å². The van der Waals surface area contributed by atoms with Crippen LogP contribution in [-0.4, -0.2) is 52.6 Å². The molecule has 1 amide bonds. The van der Waals surface area contributed by atoms with E-state index in [9.17, 15) is 14.0 Å². The number of hydrogen-bond acceptors (Lipinski definition) is 5. The average molecular weight is 576 g/mol. The van der Waals surface area contributed by atoms with Crippen LogP contribution in [0.4, 0.5) is 4.39 Å². The van der Waals surface area contributed by atoms with E-state index >= 15 is 0 Å². The van der Waals surface area contributed by atoms with Gasteiger partial charge in [0, 0.05) is 26.4 Å². The number of thioether (sulfide) groups is 1. The van der Waals surface area contributed by atoms with Crippen LogP contribution in [0.2, 0.25) is 0 Å². The molecule has 38 heavy (non-hydrogen) atoms. The van der Waals surface area contributed by atoms with Crippen molar-refractivity contribution in [2.75, 3.05) is 13.6 Å². The van der Waals surface area contributed by atoms with Crippen molar-refractivity contribution in [2.24, 2.45) is 5.92 Å². The van der Waals surface area contributed by atoms with Crippen LogP contribution in [0.1, 0.15) is 92.4 Å². The second-order valence-corrected chi connectivity index (χ2v) is 11.0. The number of amides is 1. The molecule has 1 fully saturated rings. The zero-order valence-corrected chi connectivity index (χ0v) is 28.5. The van der Waals surface area contributed by atoms with Gasteiger partial charge in [0.1, 0.15) is 11.8 Å². The van der Waals surface area contributed by atoms with E-state index in [1.165, 1.54) is 24.8 Å². The van der Waals surface area contributed by atoms with Gasteiger partial charge in [0.2, 0.25) is 5.91 Å². The van der Waals surface area contributed by atoms with Gasteiger partial charge in [-0.15, -0.1) is 11.8 Å². The first-order valence-corrected chi connectivity index (χ1v) is 14.6. The van der Waals surface area contributed by atoms with E-state index in [0.29, 0.717) is 38.6 Å². The Kier molecular flexibility index (Phi) is 20.2. The minimum Gasteiger partial charge on any atom is -0.477 e. The minimum atomic E-state index is -1.04. The van der Waals surface area contributed by atoms with Gasteiger partial charge in [-0.2, -0.15) is 0 Å². The number of nitrogens with one attached hydrogen (secondary N) is 1. The maximum atomic E-state index is 13.3. The quantitative estimate of drug-likeness (QED) is 0.0950. The van der Waals surface area contributed by atoms with E-state index in [-0.39, 0.29) is 79.6 Å². The number of allylic oxidation sites excluding steroid dienone is 5. The Morgan fingerprint density at radius 3 is 2.61 bits per heavy atom. The molecule has 1 aliphatic heterocycles. The standard InChI is InChI=1S/C29H47FN3O3S.K/c1-7-11-14-25(37-28(31)32-18-12-8-2)26(34)33(6)19-17-29(10-4)21-24(27(35)36-29)20-23(13-9-3)16-15-22(5)30;/h12-13,15-16,18,22,24-25H,7-11,14,17,19-21H2,1-6H3,(H-,31,32);/q-1;+1/b16-15-,18-12+,23-13+;. The molecule has 0 radical (unpaired) electrons. The number of carbonyl (C=O) groups excluding carboxylic acids is 2. The number of esters is 1. The first-order chi connectivity index (χ1) is 17.6. The number of halogens is 1. The normalized spacial score (nSPS) is 21.3. The molecule has 1 saturated heterocycles. The Bertz CT molecular complexity index is 834. The molecule has 1 rings (SSSR count). The van der Waals surface area contributed by atoms with Gasteiger partial charge in [-0.05, 0) is 44.2 Å². The first kappa shape index (κ1) is 37.5. The fourth-order valence-corrected chi connectivity index (χ4v) is 5.29. The number of amidine groups is 1. The number of nitrogens with zero attached hydrogens (tertiary/aromatic N) is 2. The molecule has 1 heterocycles. The second-order valence-electron chi connectivity index (χ2n) is 9.77. The van der Waals surface area contributed by atoms with Gasteiger partial charge in [0.25, 0.3) is 0 Å². The van der Waals surface area contributed by atoms with Crippen LogP contribution in [0.15, 0.2) is 36.1 Å². The van der Waals surface area contributed by atoms with E-state index in [1.54, 1.807) is 24.2 Å². The third-order valence-corrected chi connectivity index (χ3v) is 7.65. The summed E-state index contributed by atoms with van der Waals surface area (Å²) in [6.45, 7) is 10.1. The maximum Gasteiger partial charge on any atom is 1.00 e. The van der Waals surface area contributed by atoms with Crippen LogP contribution in [0, 0.1) is 11.3 Å². The van der Waals surface area contributed by atoms with E-state index in [0.717, 1.165) is 31.3 Å². The second kappa shape index (κ2) is 20.4. The molecule has 1 N–H and O–H groups in total. The average Bonchev–Trinajstić information content (AvgIpc) is 3.18. The van der Waals surface area contributed by atoms with Crippen molar-refractivity contribution < 1.29 is 70.1 Å². The summed E-state index contributed by atoms with van der Waals surface area (Å²) in [6.07, 6.45) is 14.3. The predicted octanol–water partition coefficient (Wildman–Crippen LogP) is 4.72. The van der Waals surface area contributed by atoms with Crippen LogP contribution in [0.3, 0.4) is 0 Å². The van der Waals surface area contributed by atoms with Gasteiger partial charge in [0.05, 0.1) is 11.2 Å². The van der Waals surface area contributed by atoms with Gasteiger partial charge in [-0.1, -0.05) is 76.6 Å². The van der Waals surface area contributed by atoms with Crippen molar-refractivity contribution in [3.8, 4) is 0 Å². The maximum absolute atomic E-state index is 13.3. The fraction of sp³-hybridized carbons (Fsp3) is 0.690. The fourth-order valence-electron chi connectivity index (χ4n) is 4.34. The minimum absolute atomic E-state index is 0. The summed E-state index contributed by atoms with van der Waals surface area (Å²) in [5.74, 6) is -0.515. The molecule has 4 unspecified atom stereocenters. The zero-order valence-electron chi connectivity index (χ0n) is 24.6. The Hall–Kier alpha value is -0.454. The molecule has 9 heteroatoms. The molecule has 0 bridgehead atoms. The van der Waals surface area contributed by atoms with Crippen molar-refractivity contribution in [1.29, 1.82) is 5.41 Å². The predicted molar refractivity (Wildman–Crippen MR) is 154 cm³/mol. The first-order valence-electron chi connectivity index (χ1n) is 13.7. The Labute approximate surface area is 277 Å². The molecular formula is C29H47FKN3O3S. The summed E-state index contributed by atoms with van der Waals surface area (Å²) in [7, 11) is 1.78. The summed E-state index contributed by atoms with van der Waals surface area (Å²) in [5.41, 5.74) is 0.342. The van der Waals surface area contributed by atoms with Gasteiger partial charge >= 0.3 is 57.4 Å². The number of hydrogen-bond donors (Lipinski definition) is 1. The molecule has 0 saturated carbocycles. The summed E-state index contributed by atoms with van der Waals surface area (Å²) >= 11 is 1.20. The Morgan fingerprint density at radius 1 is 1.32 bits per heavy atom. The van der Waals surface area contributed by atoms with Gasteiger partial charge in [-0.3, -0.25) is 9.59 Å². The number of rotatable bonds is 16. The topological polar surface area (TPSA) is 84.6 Å². The molecule has 0 aliphatic carbocycles. The molecule has 210 valence electrons. The van der Waals surface area contributed by atoms with Crippen molar-refractivity contribution in [3.05, 3.63) is 41.4 Å². The van der Waals surface area contributed by atoms with Crippen molar-refractivity contribution in [2.45, 2.75) is 109 Å². The van der Waals surface area contributed by atoms with Crippen molar-refractivity contribution in [1.82, 2.24) is 4.90 Å². The van der Waals surface area contributed by atoms with Crippen LogP contribution in [0.25, 0.3) is 5.32 Å². The molecule has 1 aliphatic rings. The number of unbranched alkanes of at least 4 members (excludes halogenated alkanes) is 1. The van der Waals surface area contributed by atoms with Gasteiger partial charge in [-0.25, -0.2) is 4.39 Å². The molecule has 0 aromatic heterocycles. The Morgan fingerprint density at radius 2 is 2.03 bits per heavy atom. The van der Waals surface area contributed by atoms with E-state index in [1.807, 2.05) is 32.9 Å². The van der Waals surface area contributed by atoms with Crippen molar-refractivity contribution in [3.63, 3.8) is 0 Å². The van der Waals surface area contributed by atoms with E-state index in [4.69, 9.17) is 10.1 Å². The molecule has 0 aromatic carbocycles. The third-order valence-electron chi connectivity index (χ3n) is 6.60. The monoisotopic (exact) mass is 575 g/mol. The molecule has 6 nitrogen and oxygen atoms in total. The molecule has 0 aromatic rings. The summed E-state index contributed by atoms with van der Waals surface area (Å²) < 4.78 is 19.2. The van der Waals surface area contributed by atoms with Crippen LogP contribution >= 0.6 is 11.8 Å². The van der Waals surface area contributed by atoms with Crippen LogP contribution in [-0.2, 0) is 14.3 Å². The van der Waals surface area contributed by atoms with Crippen LogP contribution < -0.4 is 51.4 Å². The number of carbonyl (C=O) groups is 2. The smallest absolute Gasteiger partial charge is 0.477 e. The largest absolute Gasteiger partial charge is 1.00 e. The van der Waals surface area contributed by atoms with Crippen molar-refractivity contribution >= 4 is 28.8 Å². The van der Waals surface area contributed by atoms with E-state index < -0.39 is 11.8 Å². The van der Waals surface area contributed by atoms with E-state index in [2.05, 4.69) is 12.2 Å². The number of cyclic esters (lactones) is 1. The van der Waals surface area contributed by atoms with Crippen LogP contribution in [0.5, 0.6) is 0 Å². The SMILES string of the molecule is CC/C=C(\C=C/C(C)F)CC1CC(CC)(CCN(C)C(=O)C(CCCC)SC(=N)[N-]/C=C/CC)OC1=O.[K+]. The Balaban J connectivity index is 0.0000137. The van der Waals surface area contributed by atoms with Gasteiger partial charge in [0.15, 0.2) is 0 Å². The third kappa shape index (κ3) is 13.7. The molecule has 4 atom stereocenters. The zero-order chi connectivity index (χ0) is 27.8. The number of ether oxygens (including phenoxy) is 1. The molecule has 0 spiro atoms. The summed E-state index contributed by atoms with van der Waals surface area (Å²) in [4.78, 5) is 27.8.